The monoisotopic (exact) mass is 413 g/mol. The molecule has 0 radical (unpaired) electrons. The van der Waals surface area contributed by atoms with Crippen molar-refractivity contribution in [2.75, 3.05) is 62.3 Å². The molecule has 1 aromatic carbocycles. The van der Waals surface area contributed by atoms with E-state index in [0.29, 0.717) is 18.1 Å². The van der Waals surface area contributed by atoms with Crippen molar-refractivity contribution in [3.63, 3.8) is 0 Å². The zero-order chi connectivity index (χ0) is 20.1. The molecule has 0 unspecified atom stereocenters. The second-order valence-electron chi connectivity index (χ2n) is 7.07. The van der Waals surface area contributed by atoms with Crippen molar-refractivity contribution in [2.24, 2.45) is 0 Å². The molecule has 0 N–H and O–H groups in total. The summed E-state index contributed by atoms with van der Waals surface area (Å²) in [5.41, 5.74) is 2.03. The molecule has 3 heterocycles. The van der Waals surface area contributed by atoms with Crippen LogP contribution < -0.4 is 9.80 Å². The zero-order valence-electron chi connectivity index (χ0n) is 16.2. The number of carbonyl (C=O) groups is 1. The van der Waals surface area contributed by atoms with E-state index in [1.807, 2.05) is 35.2 Å². The quantitative estimate of drug-likeness (QED) is 0.717. The number of nitrogens with zero attached hydrogens (tertiary/aromatic N) is 5. The number of rotatable bonds is 4. The number of aromatic nitrogens is 2. The smallest absolute Gasteiger partial charge is 0.246 e. The van der Waals surface area contributed by atoms with Crippen LogP contribution in [-0.2, 0) is 9.53 Å². The fourth-order valence-electron chi connectivity index (χ4n) is 3.50. The van der Waals surface area contributed by atoms with Gasteiger partial charge in [-0.15, -0.1) is 5.10 Å². The Kier molecular flexibility index (Phi) is 6.27. The van der Waals surface area contributed by atoms with Gasteiger partial charge in [-0.05, 0) is 23.8 Å². The third kappa shape index (κ3) is 5.05. The first-order valence-corrected chi connectivity index (χ1v) is 10.2. The second kappa shape index (κ2) is 9.24. The van der Waals surface area contributed by atoms with Crippen LogP contribution in [0.3, 0.4) is 0 Å². The number of anilines is 2. The second-order valence-corrected chi connectivity index (χ2v) is 7.51. The number of amides is 1. The Labute approximate surface area is 175 Å². The highest BCUT2D eigenvalue weighted by atomic mass is 35.5. The van der Waals surface area contributed by atoms with Crippen LogP contribution in [0.25, 0.3) is 6.08 Å². The van der Waals surface area contributed by atoms with Gasteiger partial charge in [0, 0.05) is 56.4 Å². The molecule has 4 rings (SSSR count). The van der Waals surface area contributed by atoms with Crippen molar-refractivity contribution < 1.29 is 9.53 Å². The number of benzene rings is 1. The van der Waals surface area contributed by atoms with E-state index in [0.717, 1.165) is 56.5 Å². The molecule has 0 bridgehead atoms. The fraction of sp³-hybridized carbons (Fsp3) is 0.381. The van der Waals surface area contributed by atoms with Gasteiger partial charge in [0.25, 0.3) is 0 Å². The highest BCUT2D eigenvalue weighted by molar-refractivity contribution is 6.30. The Morgan fingerprint density at radius 2 is 1.72 bits per heavy atom. The molecule has 7 nitrogen and oxygen atoms in total. The number of hydrogen-bond donors (Lipinski definition) is 0. The SMILES string of the molecule is O=C(/C=C/c1ccc(Cl)cc1)N1CCN(c2cc(N3CCOCC3)cnn2)CC1. The molecular weight excluding hydrogens is 390 g/mol. The van der Waals surface area contributed by atoms with E-state index in [4.69, 9.17) is 16.3 Å². The molecule has 0 saturated carbocycles. The maximum atomic E-state index is 12.5. The fourth-order valence-corrected chi connectivity index (χ4v) is 3.62. The number of carbonyl (C=O) groups excluding carboxylic acids is 1. The number of halogens is 1. The molecule has 0 spiro atoms. The van der Waals surface area contributed by atoms with Crippen LogP contribution >= 0.6 is 11.6 Å². The maximum absolute atomic E-state index is 12.5. The van der Waals surface area contributed by atoms with Gasteiger partial charge in [0.2, 0.25) is 5.91 Å². The molecular formula is C21H24ClN5O2. The zero-order valence-corrected chi connectivity index (χ0v) is 17.0. The number of ether oxygens (including phenoxy) is 1. The maximum Gasteiger partial charge on any atom is 0.246 e. The average molecular weight is 414 g/mol. The van der Waals surface area contributed by atoms with Crippen LogP contribution in [0.2, 0.25) is 5.02 Å². The van der Waals surface area contributed by atoms with Crippen molar-refractivity contribution in [3.05, 3.63) is 53.2 Å². The lowest BCUT2D eigenvalue weighted by atomic mass is 10.2. The predicted molar refractivity (Wildman–Crippen MR) is 114 cm³/mol. The lowest BCUT2D eigenvalue weighted by molar-refractivity contribution is -0.126. The van der Waals surface area contributed by atoms with Crippen LogP contribution in [0.15, 0.2) is 42.6 Å². The number of hydrogen-bond acceptors (Lipinski definition) is 6. The first-order chi connectivity index (χ1) is 14.2. The molecule has 152 valence electrons. The molecule has 1 aromatic heterocycles. The largest absolute Gasteiger partial charge is 0.378 e. The summed E-state index contributed by atoms with van der Waals surface area (Å²) >= 11 is 5.89. The van der Waals surface area contributed by atoms with Gasteiger partial charge in [0.15, 0.2) is 5.82 Å². The van der Waals surface area contributed by atoms with Crippen LogP contribution in [-0.4, -0.2) is 73.5 Å². The van der Waals surface area contributed by atoms with Gasteiger partial charge < -0.3 is 19.4 Å². The van der Waals surface area contributed by atoms with E-state index in [1.54, 1.807) is 12.3 Å². The molecule has 2 aromatic rings. The Balaban J connectivity index is 1.33. The highest BCUT2D eigenvalue weighted by Crippen LogP contribution is 2.21. The van der Waals surface area contributed by atoms with E-state index < -0.39 is 0 Å². The first kappa shape index (κ1) is 19.7. The highest BCUT2D eigenvalue weighted by Gasteiger charge is 2.22. The van der Waals surface area contributed by atoms with Crippen LogP contribution in [0, 0.1) is 0 Å². The van der Waals surface area contributed by atoms with Crippen molar-refractivity contribution in [1.29, 1.82) is 0 Å². The Bertz CT molecular complexity index is 860. The van der Waals surface area contributed by atoms with Gasteiger partial charge in [0.05, 0.1) is 25.1 Å². The van der Waals surface area contributed by atoms with Crippen molar-refractivity contribution in [3.8, 4) is 0 Å². The summed E-state index contributed by atoms with van der Waals surface area (Å²) in [6.07, 6.45) is 5.25. The third-order valence-corrected chi connectivity index (χ3v) is 5.46. The molecule has 2 saturated heterocycles. The number of piperazine rings is 1. The Hall–Kier alpha value is -2.64. The minimum Gasteiger partial charge on any atom is -0.378 e. The van der Waals surface area contributed by atoms with Gasteiger partial charge in [0.1, 0.15) is 0 Å². The number of morpholine rings is 1. The summed E-state index contributed by atoms with van der Waals surface area (Å²) in [5.74, 6) is 0.880. The first-order valence-electron chi connectivity index (χ1n) is 9.82. The van der Waals surface area contributed by atoms with Crippen molar-refractivity contribution in [2.45, 2.75) is 0 Å². The third-order valence-electron chi connectivity index (χ3n) is 5.21. The van der Waals surface area contributed by atoms with E-state index in [9.17, 15) is 4.79 Å². The van der Waals surface area contributed by atoms with E-state index >= 15 is 0 Å². The summed E-state index contributed by atoms with van der Waals surface area (Å²) in [5, 5.41) is 9.17. The minimum atomic E-state index is 0.0211. The summed E-state index contributed by atoms with van der Waals surface area (Å²) < 4.78 is 5.42. The van der Waals surface area contributed by atoms with Gasteiger partial charge in [-0.2, -0.15) is 5.10 Å². The van der Waals surface area contributed by atoms with E-state index in [1.165, 1.54) is 0 Å². The topological polar surface area (TPSA) is 61.8 Å². The summed E-state index contributed by atoms with van der Waals surface area (Å²) in [4.78, 5) is 18.8. The molecule has 2 fully saturated rings. The normalized spacial score (nSPS) is 17.8. The summed E-state index contributed by atoms with van der Waals surface area (Å²) in [6, 6.07) is 9.50. The van der Waals surface area contributed by atoms with Crippen LogP contribution in [0.4, 0.5) is 11.5 Å². The Morgan fingerprint density at radius 3 is 2.45 bits per heavy atom. The van der Waals surface area contributed by atoms with Crippen molar-refractivity contribution in [1.82, 2.24) is 15.1 Å². The van der Waals surface area contributed by atoms with Crippen LogP contribution in [0.5, 0.6) is 0 Å². The van der Waals surface area contributed by atoms with Gasteiger partial charge in [-0.1, -0.05) is 23.7 Å². The molecule has 0 atom stereocenters. The minimum absolute atomic E-state index is 0.0211. The van der Waals surface area contributed by atoms with Gasteiger partial charge >= 0.3 is 0 Å². The standard InChI is InChI=1S/C21H24ClN5O2/c22-18-4-1-17(2-5-18)3-6-21(28)27-9-7-26(8-10-27)20-15-19(16-23-24-20)25-11-13-29-14-12-25/h1-6,15-16H,7-14H2/b6-3+. The molecule has 2 aliphatic heterocycles. The lowest BCUT2D eigenvalue weighted by Crippen LogP contribution is -2.48. The average Bonchev–Trinajstić information content (AvgIpc) is 2.79. The molecule has 2 aliphatic rings. The van der Waals surface area contributed by atoms with Gasteiger partial charge in [-0.3, -0.25) is 4.79 Å². The summed E-state index contributed by atoms with van der Waals surface area (Å²) in [7, 11) is 0. The molecule has 8 heteroatoms. The molecule has 0 aliphatic carbocycles. The van der Waals surface area contributed by atoms with Crippen LogP contribution in [0.1, 0.15) is 5.56 Å². The Morgan fingerprint density at radius 1 is 1.00 bits per heavy atom. The van der Waals surface area contributed by atoms with Gasteiger partial charge in [-0.25, -0.2) is 0 Å². The van der Waals surface area contributed by atoms with E-state index in [2.05, 4.69) is 26.1 Å². The molecule has 29 heavy (non-hydrogen) atoms. The molecule has 1 amide bonds. The lowest BCUT2D eigenvalue weighted by Gasteiger charge is -2.35. The van der Waals surface area contributed by atoms with Crippen molar-refractivity contribution >= 4 is 35.1 Å². The summed E-state index contributed by atoms with van der Waals surface area (Å²) in [6.45, 7) is 6.01. The van der Waals surface area contributed by atoms with E-state index in [-0.39, 0.29) is 5.91 Å². The predicted octanol–water partition coefficient (Wildman–Crippen LogP) is 2.33.